The fraction of sp³-hybridized carbons (Fsp3) is 0.625. The Morgan fingerprint density at radius 3 is 2.58 bits per heavy atom. The van der Waals surface area contributed by atoms with Gasteiger partial charge in [-0.1, -0.05) is 6.92 Å². The Balaban J connectivity index is 2.81. The number of hydrogen-bond donors (Lipinski definition) is 3. The molecule has 12 heavy (non-hydrogen) atoms. The van der Waals surface area contributed by atoms with Crippen molar-refractivity contribution in [2.45, 2.75) is 25.6 Å². The number of hydrogen-bond acceptors (Lipinski definition) is 3. The summed E-state index contributed by atoms with van der Waals surface area (Å²) in [5, 5.41) is 27.1. The van der Waals surface area contributed by atoms with Crippen molar-refractivity contribution in [3.05, 3.63) is 11.6 Å². The third kappa shape index (κ3) is 1.65. The van der Waals surface area contributed by atoms with Crippen molar-refractivity contribution in [1.82, 2.24) is 0 Å². The number of aliphatic hydroxyl groups excluding tert-OH is 2. The highest BCUT2D eigenvalue weighted by atomic mass is 16.4. The highest BCUT2D eigenvalue weighted by Crippen LogP contribution is 2.23. The van der Waals surface area contributed by atoms with Gasteiger partial charge in [-0.2, -0.15) is 0 Å². The molecule has 0 spiro atoms. The molecule has 3 atom stereocenters. The molecule has 0 fully saturated rings. The van der Waals surface area contributed by atoms with E-state index in [4.69, 9.17) is 5.11 Å². The van der Waals surface area contributed by atoms with E-state index in [1.54, 1.807) is 6.92 Å². The van der Waals surface area contributed by atoms with Gasteiger partial charge in [0.1, 0.15) is 0 Å². The predicted octanol–water partition coefficient (Wildman–Crippen LogP) is -0.241. The number of aliphatic hydroxyl groups is 2. The van der Waals surface area contributed by atoms with Crippen molar-refractivity contribution in [2.75, 3.05) is 0 Å². The first-order valence-electron chi connectivity index (χ1n) is 3.82. The number of rotatable bonds is 1. The topological polar surface area (TPSA) is 77.8 Å². The molecule has 1 aliphatic carbocycles. The minimum atomic E-state index is -1.07. The lowest BCUT2D eigenvalue weighted by Gasteiger charge is -2.27. The molecule has 0 aromatic rings. The predicted molar refractivity (Wildman–Crippen MR) is 41.5 cm³/mol. The molecule has 4 heteroatoms. The lowest BCUT2D eigenvalue weighted by Crippen LogP contribution is -2.34. The van der Waals surface area contributed by atoms with Crippen molar-refractivity contribution in [2.24, 2.45) is 5.92 Å². The van der Waals surface area contributed by atoms with Crippen LogP contribution in [0.4, 0.5) is 0 Å². The van der Waals surface area contributed by atoms with Gasteiger partial charge in [0.15, 0.2) is 0 Å². The van der Waals surface area contributed by atoms with Gasteiger partial charge in [0.25, 0.3) is 0 Å². The van der Waals surface area contributed by atoms with Crippen LogP contribution >= 0.6 is 0 Å². The van der Waals surface area contributed by atoms with Crippen LogP contribution in [0.5, 0.6) is 0 Å². The van der Waals surface area contributed by atoms with Gasteiger partial charge < -0.3 is 15.3 Å². The summed E-state index contributed by atoms with van der Waals surface area (Å²) in [6.45, 7) is 1.68. The minimum absolute atomic E-state index is 0.0908. The number of aliphatic carboxylic acids is 1. The quantitative estimate of drug-likeness (QED) is 0.510. The Morgan fingerprint density at radius 1 is 1.58 bits per heavy atom. The van der Waals surface area contributed by atoms with Gasteiger partial charge in [0.05, 0.1) is 12.2 Å². The second-order valence-corrected chi connectivity index (χ2v) is 3.12. The first-order valence-corrected chi connectivity index (χ1v) is 3.82. The van der Waals surface area contributed by atoms with Crippen LogP contribution in [0.15, 0.2) is 11.6 Å². The zero-order valence-electron chi connectivity index (χ0n) is 6.77. The maximum atomic E-state index is 10.5. The van der Waals surface area contributed by atoms with E-state index in [1.165, 1.54) is 6.08 Å². The van der Waals surface area contributed by atoms with E-state index >= 15 is 0 Å². The van der Waals surface area contributed by atoms with E-state index in [9.17, 15) is 15.0 Å². The summed E-state index contributed by atoms with van der Waals surface area (Å²) in [5.74, 6) is -1.35. The highest BCUT2D eigenvalue weighted by molar-refractivity contribution is 5.87. The highest BCUT2D eigenvalue weighted by Gasteiger charge is 2.29. The molecule has 0 heterocycles. The Labute approximate surface area is 70.1 Å². The van der Waals surface area contributed by atoms with Crippen LogP contribution < -0.4 is 0 Å². The molecule has 0 saturated heterocycles. The summed E-state index contributed by atoms with van der Waals surface area (Å²) >= 11 is 0. The third-order valence-corrected chi connectivity index (χ3v) is 2.22. The van der Waals surface area contributed by atoms with E-state index in [0.717, 1.165) is 0 Å². The van der Waals surface area contributed by atoms with Crippen LogP contribution in [0.3, 0.4) is 0 Å². The van der Waals surface area contributed by atoms with Crippen LogP contribution in [0.1, 0.15) is 13.3 Å². The third-order valence-electron chi connectivity index (χ3n) is 2.22. The molecule has 0 aromatic carbocycles. The van der Waals surface area contributed by atoms with Gasteiger partial charge in [-0.3, -0.25) is 0 Å². The zero-order valence-corrected chi connectivity index (χ0v) is 6.77. The Hall–Kier alpha value is -0.870. The standard InChI is InChI=1S/C8H12O4/c1-4-6(9)2-5(8(11)12)3-7(4)10/h2,4,6-7,9-10H,3H2,1H3,(H,11,12). The summed E-state index contributed by atoms with van der Waals surface area (Å²) in [6, 6.07) is 0. The second kappa shape index (κ2) is 3.25. The molecular formula is C8H12O4. The average Bonchev–Trinajstić information content (AvgIpc) is 1.99. The summed E-state index contributed by atoms with van der Waals surface area (Å²) in [5.41, 5.74) is 0.0908. The van der Waals surface area contributed by atoms with Crippen LogP contribution in [0.2, 0.25) is 0 Å². The van der Waals surface area contributed by atoms with Crippen molar-refractivity contribution < 1.29 is 20.1 Å². The lowest BCUT2D eigenvalue weighted by atomic mass is 9.86. The average molecular weight is 172 g/mol. The largest absolute Gasteiger partial charge is 0.478 e. The first kappa shape index (κ1) is 9.22. The Kier molecular flexibility index (Phi) is 2.49. The second-order valence-electron chi connectivity index (χ2n) is 3.12. The minimum Gasteiger partial charge on any atom is -0.478 e. The smallest absolute Gasteiger partial charge is 0.331 e. The molecule has 4 nitrogen and oxygen atoms in total. The molecular weight excluding hydrogens is 160 g/mol. The summed E-state index contributed by atoms with van der Waals surface area (Å²) < 4.78 is 0. The van der Waals surface area contributed by atoms with Gasteiger partial charge in [-0.05, 0) is 6.08 Å². The normalized spacial score (nSPS) is 35.9. The summed E-state index contributed by atoms with van der Waals surface area (Å²) in [7, 11) is 0. The molecule has 0 aromatic heterocycles. The van der Waals surface area contributed by atoms with Gasteiger partial charge in [-0.25, -0.2) is 4.79 Å². The van der Waals surface area contributed by atoms with Crippen LogP contribution in [0, 0.1) is 5.92 Å². The van der Waals surface area contributed by atoms with E-state index in [1.807, 2.05) is 0 Å². The van der Waals surface area contributed by atoms with Crippen molar-refractivity contribution in [1.29, 1.82) is 0 Å². The molecule has 3 N–H and O–H groups in total. The maximum absolute atomic E-state index is 10.5. The van der Waals surface area contributed by atoms with Crippen molar-refractivity contribution in [3.8, 4) is 0 Å². The molecule has 68 valence electrons. The van der Waals surface area contributed by atoms with E-state index in [0.29, 0.717) is 0 Å². The Morgan fingerprint density at radius 2 is 2.17 bits per heavy atom. The van der Waals surface area contributed by atoms with E-state index in [2.05, 4.69) is 0 Å². The SMILES string of the molecule is CC1C(O)C=C(C(=O)O)CC1O. The maximum Gasteiger partial charge on any atom is 0.331 e. The van der Waals surface area contributed by atoms with E-state index < -0.39 is 18.2 Å². The van der Waals surface area contributed by atoms with E-state index in [-0.39, 0.29) is 17.9 Å². The molecule has 0 aliphatic heterocycles. The van der Waals surface area contributed by atoms with Gasteiger partial charge in [-0.15, -0.1) is 0 Å². The summed E-state index contributed by atoms with van der Waals surface area (Å²) in [6.07, 6.45) is -0.191. The molecule has 1 rings (SSSR count). The monoisotopic (exact) mass is 172 g/mol. The van der Waals surface area contributed by atoms with Crippen molar-refractivity contribution in [3.63, 3.8) is 0 Å². The summed E-state index contributed by atoms with van der Waals surface area (Å²) in [4.78, 5) is 10.5. The molecule has 0 amide bonds. The fourth-order valence-electron chi connectivity index (χ4n) is 1.22. The van der Waals surface area contributed by atoms with Gasteiger partial charge in [0.2, 0.25) is 0 Å². The Bertz CT molecular complexity index is 221. The molecule has 0 radical (unpaired) electrons. The van der Waals surface area contributed by atoms with Gasteiger partial charge in [0, 0.05) is 17.9 Å². The molecule has 3 unspecified atom stereocenters. The number of carbonyl (C=O) groups is 1. The van der Waals surface area contributed by atoms with Crippen molar-refractivity contribution >= 4 is 5.97 Å². The number of carboxylic acids is 1. The molecule has 1 aliphatic rings. The molecule has 0 bridgehead atoms. The molecule has 0 saturated carbocycles. The van der Waals surface area contributed by atoms with Crippen LogP contribution in [-0.4, -0.2) is 33.5 Å². The van der Waals surface area contributed by atoms with Crippen LogP contribution in [0.25, 0.3) is 0 Å². The fourth-order valence-corrected chi connectivity index (χ4v) is 1.22. The van der Waals surface area contributed by atoms with Crippen LogP contribution in [-0.2, 0) is 4.79 Å². The van der Waals surface area contributed by atoms with Gasteiger partial charge >= 0.3 is 5.97 Å². The number of carboxylic acid groups (broad SMARTS) is 1. The first-order chi connectivity index (χ1) is 5.52. The zero-order chi connectivity index (χ0) is 9.30. The lowest BCUT2D eigenvalue weighted by molar-refractivity contribution is -0.133.